The van der Waals surface area contributed by atoms with Crippen LogP contribution in [-0.4, -0.2) is 17.7 Å². The molecule has 4 nitrogen and oxygen atoms in total. The van der Waals surface area contributed by atoms with E-state index in [0.29, 0.717) is 18.1 Å². The summed E-state index contributed by atoms with van der Waals surface area (Å²) < 4.78 is 10.0. The number of esters is 1. The Bertz CT molecular complexity index is 329. The number of aryl methyl sites for hydroxylation is 1. The van der Waals surface area contributed by atoms with Crippen molar-refractivity contribution in [2.24, 2.45) is 5.92 Å². The molecule has 1 rings (SSSR count). The second kappa shape index (κ2) is 4.98. The highest BCUT2D eigenvalue weighted by atomic mass is 16.5. The van der Waals surface area contributed by atoms with Gasteiger partial charge in [0.1, 0.15) is 17.6 Å². The fourth-order valence-corrected chi connectivity index (χ4v) is 1.26. The van der Waals surface area contributed by atoms with Crippen LogP contribution in [0.2, 0.25) is 0 Å². The van der Waals surface area contributed by atoms with Gasteiger partial charge in [-0.2, -0.15) is 0 Å². The maximum Gasteiger partial charge on any atom is 0.311 e. The molecule has 0 bridgehead atoms. The number of aliphatic hydroxyl groups is 1. The van der Waals surface area contributed by atoms with Gasteiger partial charge in [0.25, 0.3) is 0 Å². The lowest BCUT2D eigenvalue weighted by Gasteiger charge is -2.15. The van der Waals surface area contributed by atoms with Crippen LogP contribution >= 0.6 is 0 Å². The predicted molar refractivity (Wildman–Crippen MR) is 54.2 cm³/mol. The molecule has 0 aliphatic carbocycles. The number of ether oxygens (including phenoxy) is 1. The number of aliphatic hydroxyl groups excluding tert-OH is 1. The summed E-state index contributed by atoms with van der Waals surface area (Å²) in [5.74, 6) is 0.0720. The van der Waals surface area contributed by atoms with E-state index < -0.39 is 18.0 Å². The van der Waals surface area contributed by atoms with E-state index in [0.717, 1.165) is 0 Å². The maximum absolute atomic E-state index is 11.3. The van der Waals surface area contributed by atoms with Crippen molar-refractivity contribution in [2.45, 2.75) is 26.9 Å². The van der Waals surface area contributed by atoms with E-state index in [1.807, 2.05) is 0 Å². The first-order valence-electron chi connectivity index (χ1n) is 4.97. The molecule has 0 aliphatic rings. The first-order chi connectivity index (χ1) is 7.06. The maximum atomic E-state index is 11.3. The minimum atomic E-state index is -0.947. The molecule has 4 heteroatoms. The zero-order valence-corrected chi connectivity index (χ0v) is 9.19. The smallest absolute Gasteiger partial charge is 0.311 e. The summed E-state index contributed by atoms with van der Waals surface area (Å²) in [6, 6.07) is 3.41. The van der Waals surface area contributed by atoms with Crippen LogP contribution in [0.5, 0.6) is 0 Å². The van der Waals surface area contributed by atoms with Gasteiger partial charge in [-0.3, -0.25) is 4.79 Å². The van der Waals surface area contributed by atoms with Gasteiger partial charge >= 0.3 is 5.97 Å². The van der Waals surface area contributed by atoms with Gasteiger partial charge < -0.3 is 14.3 Å². The average Bonchev–Trinajstić information content (AvgIpc) is 2.63. The minimum Gasteiger partial charge on any atom is -0.466 e. The van der Waals surface area contributed by atoms with Crippen LogP contribution in [-0.2, 0) is 9.53 Å². The van der Waals surface area contributed by atoms with Gasteiger partial charge in [0.2, 0.25) is 0 Å². The van der Waals surface area contributed by atoms with Crippen LogP contribution in [0.25, 0.3) is 0 Å². The van der Waals surface area contributed by atoms with Gasteiger partial charge in [0.15, 0.2) is 0 Å². The normalized spacial score (nSPS) is 14.7. The van der Waals surface area contributed by atoms with Gasteiger partial charge in [-0.25, -0.2) is 0 Å². The summed E-state index contributed by atoms with van der Waals surface area (Å²) in [5.41, 5.74) is 0. The third-order valence-corrected chi connectivity index (χ3v) is 2.18. The molecule has 0 saturated heterocycles. The van der Waals surface area contributed by atoms with Crippen molar-refractivity contribution in [3.63, 3.8) is 0 Å². The summed E-state index contributed by atoms with van der Waals surface area (Å²) in [6.45, 7) is 5.44. The molecular formula is C11H16O4. The van der Waals surface area contributed by atoms with Gasteiger partial charge in [-0.1, -0.05) is 0 Å². The SMILES string of the molecule is CCOC(=O)C(C)C(O)c1ccc(C)o1. The molecule has 15 heavy (non-hydrogen) atoms. The summed E-state index contributed by atoms with van der Waals surface area (Å²) in [5, 5.41) is 9.80. The number of furan rings is 1. The van der Waals surface area contributed by atoms with E-state index in [1.54, 1.807) is 32.9 Å². The van der Waals surface area contributed by atoms with Crippen molar-refractivity contribution < 1.29 is 19.1 Å². The standard InChI is InChI=1S/C11H16O4/c1-4-14-11(13)8(3)10(12)9-6-5-7(2)15-9/h5-6,8,10,12H,4H2,1-3H3. The highest BCUT2D eigenvalue weighted by molar-refractivity contribution is 5.72. The summed E-state index contributed by atoms with van der Waals surface area (Å²) in [4.78, 5) is 11.3. The van der Waals surface area contributed by atoms with Crippen LogP contribution in [0.15, 0.2) is 16.5 Å². The van der Waals surface area contributed by atoms with Gasteiger partial charge in [-0.15, -0.1) is 0 Å². The number of rotatable bonds is 4. The summed E-state index contributed by atoms with van der Waals surface area (Å²) in [6.07, 6.45) is -0.947. The second-order valence-electron chi connectivity index (χ2n) is 3.43. The van der Waals surface area contributed by atoms with E-state index in [2.05, 4.69) is 0 Å². The number of carbonyl (C=O) groups excluding carboxylic acids is 1. The predicted octanol–water partition coefficient (Wildman–Crippen LogP) is 1.82. The van der Waals surface area contributed by atoms with Crippen LogP contribution in [0.4, 0.5) is 0 Å². The fourth-order valence-electron chi connectivity index (χ4n) is 1.26. The molecule has 2 unspecified atom stereocenters. The van der Waals surface area contributed by atoms with Crippen molar-refractivity contribution >= 4 is 5.97 Å². The van der Waals surface area contributed by atoms with E-state index >= 15 is 0 Å². The molecule has 0 spiro atoms. The monoisotopic (exact) mass is 212 g/mol. The van der Waals surface area contributed by atoms with Gasteiger partial charge in [-0.05, 0) is 32.9 Å². The van der Waals surface area contributed by atoms with Crippen molar-refractivity contribution in [1.82, 2.24) is 0 Å². The summed E-state index contributed by atoms with van der Waals surface area (Å²) in [7, 11) is 0. The zero-order valence-electron chi connectivity index (χ0n) is 9.19. The van der Waals surface area contributed by atoms with Crippen LogP contribution < -0.4 is 0 Å². The van der Waals surface area contributed by atoms with E-state index in [1.165, 1.54) is 0 Å². The molecule has 1 aromatic heterocycles. The largest absolute Gasteiger partial charge is 0.466 e. The molecule has 1 N–H and O–H groups in total. The minimum absolute atomic E-state index is 0.313. The number of hydrogen-bond donors (Lipinski definition) is 1. The van der Waals surface area contributed by atoms with E-state index in [9.17, 15) is 9.90 Å². The lowest BCUT2D eigenvalue weighted by Crippen LogP contribution is -2.21. The lowest BCUT2D eigenvalue weighted by atomic mass is 10.0. The molecule has 0 aliphatic heterocycles. The third kappa shape index (κ3) is 2.83. The van der Waals surface area contributed by atoms with E-state index in [-0.39, 0.29) is 0 Å². The molecule has 0 amide bonds. The van der Waals surface area contributed by atoms with Crippen molar-refractivity contribution in [2.75, 3.05) is 6.61 Å². The van der Waals surface area contributed by atoms with Crippen molar-refractivity contribution in [3.8, 4) is 0 Å². The molecular weight excluding hydrogens is 196 g/mol. The average molecular weight is 212 g/mol. The van der Waals surface area contributed by atoms with Crippen LogP contribution in [0.1, 0.15) is 31.5 Å². The molecule has 84 valence electrons. The Kier molecular flexibility index (Phi) is 3.91. The Morgan fingerprint density at radius 3 is 2.73 bits per heavy atom. The van der Waals surface area contributed by atoms with Crippen molar-refractivity contribution in [3.05, 3.63) is 23.7 Å². The lowest BCUT2D eigenvalue weighted by molar-refractivity contribution is -0.151. The van der Waals surface area contributed by atoms with Crippen molar-refractivity contribution in [1.29, 1.82) is 0 Å². The highest BCUT2D eigenvalue weighted by Gasteiger charge is 2.26. The Morgan fingerprint density at radius 2 is 2.27 bits per heavy atom. The summed E-state index contributed by atoms with van der Waals surface area (Å²) >= 11 is 0. The second-order valence-corrected chi connectivity index (χ2v) is 3.43. The Balaban J connectivity index is 2.67. The van der Waals surface area contributed by atoms with Crippen LogP contribution in [0, 0.1) is 12.8 Å². The third-order valence-electron chi connectivity index (χ3n) is 2.18. The van der Waals surface area contributed by atoms with Crippen LogP contribution in [0.3, 0.4) is 0 Å². The van der Waals surface area contributed by atoms with E-state index in [4.69, 9.17) is 9.15 Å². The molecule has 0 saturated carbocycles. The molecule has 0 fully saturated rings. The first-order valence-corrected chi connectivity index (χ1v) is 4.97. The molecule has 0 radical (unpaired) electrons. The molecule has 1 heterocycles. The highest BCUT2D eigenvalue weighted by Crippen LogP contribution is 2.24. The Hall–Kier alpha value is -1.29. The fraction of sp³-hybridized carbons (Fsp3) is 0.545. The quantitative estimate of drug-likeness (QED) is 0.773. The first kappa shape index (κ1) is 11.8. The topological polar surface area (TPSA) is 59.7 Å². The van der Waals surface area contributed by atoms with Gasteiger partial charge in [0.05, 0.1) is 12.5 Å². The molecule has 0 aromatic carbocycles. The van der Waals surface area contributed by atoms with Gasteiger partial charge in [0, 0.05) is 0 Å². The molecule has 1 aromatic rings. The number of hydrogen-bond acceptors (Lipinski definition) is 4. The molecule has 2 atom stereocenters. The Labute approximate surface area is 88.8 Å². The Morgan fingerprint density at radius 1 is 1.60 bits per heavy atom. The number of carbonyl (C=O) groups is 1. The zero-order chi connectivity index (χ0) is 11.4.